The van der Waals surface area contributed by atoms with Gasteiger partial charge in [0, 0.05) is 17.7 Å². The molecule has 1 N–H and O–H groups in total. The third-order valence-corrected chi connectivity index (χ3v) is 2.90. The zero-order valence-corrected chi connectivity index (χ0v) is 11.8. The molecule has 3 aromatic rings. The summed E-state index contributed by atoms with van der Waals surface area (Å²) in [6.45, 7) is 0. The number of hydrogen-bond acceptors (Lipinski definition) is 7. The van der Waals surface area contributed by atoms with Crippen LogP contribution in [0.3, 0.4) is 0 Å². The van der Waals surface area contributed by atoms with Gasteiger partial charge in [-0.05, 0) is 17.3 Å². The molecule has 0 bridgehead atoms. The maximum atomic E-state index is 12.0. The number of tetrazole rings is 1. The average molecular weight is 314 g/mol. The summed E-state index contributed by atoms with van der Waals surface area (Å²) in [5.41, 5.74) is 0.435. The molecular formula is C13H10N6O4. The highest BCUT2D eigenvalue weighted by molar-refractivity contribution is 6.01. The topological polar surface area (TPSA) is 129 Å². The summed E-state index contributed by atoms with van der Waals surface area (Å²) < 4.78 is 5.43. The third-order valence-electron chi connectivity index (χ3n) is 2.90. The molecule has 10 heteroatoms. The molecule has 0 unspecified atom stereocenters. The number of aromatic nitrogens is 4. The minimum Gasteiger partial charge on any atom is -0.451 e. The molecule has 2 heterocycles. The van der Waals surface area contributed by atoms with E-state index in [1.165, 1.54) is 23.0 Å². The fourth-order valence-electron chi connectivity index (χ4n) is 1.89. The number of hydrogen-bond donors (Lipinski definition) is 1. The van der Waals surface area contributed by atoms with Crippen LogP contribution in [0.4, 0.5) is 11.6 Å². The molecular weight excluding hydrogens is 304 g/mol. The molecule has 2 aromatic heterocycles. The normalized spacial score (nSPS) is 10.5. The van der Waals surface area contributed by atoms with Crippen molar-refractivity contribution in [1.29, 1.82) is 0 Å². The predicted molar refractivity (Wildman–Crippen MR) is 77.5 cm³/mol. The molecule has 0 saturated heterocycles. The van der Waals surface area contributed by atoms with Crippen molar-refractivity contribution < 1.29 is 14.1 Å². The summed E-state index contributed by atoms with van der Waals surface area (Å²) in [4.78, 5) is 23.5. The molecule has 10 nitrogen and oxygen atoms in total. The Morgan fingerprint density at radius 2 is 2.17 bits per heavy atom. The van der Waals surface area contributed by atoms with Crippen molar-refractivity contribution in [2.75, 3.05) is 5.32 Å². The van der Waals surface area contributed by atoms with Gasteiger partial charge in [0.05, 0.1) is 12.0 Å². The number of amides is 1. The van der Waals surface area contributed by atoms with Gasteiger partial charge in [-0.1, -0.05) is 17.2 Å². The summed E-state index contributed by atoms with van der Waals surface area (Å²) in [7, 11) is 1.57. The van der Waals surface area contributed by atoms with Gasteiger partial charge < -0.3 is 4.42 Å². The van der Waals surface area contributed by atoms with Gasteiger partial charge in [-0.3, -0.25) is 20.2 Å². The quantitative estimate of drug-likeness (QED) is 0.572. The monoisotopic (exact) mass is 314 g/mol. The molecule has 0 radical (unpaired) electrons. The first-order chi connectivity index (χ1) is 11.0. The fourth-order valence-corrected chi connectivity index (χ4v) is 1.89. The molecule has 0 spiro atoms. The lowest BCUT2D eigenvalue weighted by Gasteiger charge is -1.98. The Kier molecular flexibility index (Phi) is 3.55. The summed E-state index contributed by atoms with van der Waals surface area (Å²) in [6, 6.07) is 8.94. The molecule has 23 heavy (non-hydrogen) atoms. The number of nitro groups is 1. The number of non-ortho nitro benzene ring substituents is 1. The maximum Gasteiger partial charge on any atom is 0.293 e. The first-order valence-corrected chi connectivity index (χ1v) is 6.43. The van der Waals surface area contributed by atoms with Crippen molar-refractivity contribution in [2.24, 2.45) is 7.05 Å². The largest absolute Gasteiger partial charge is 0.451 e. The molecule has 0 aliphatic heterocycles. The Labute approximate surface area is 128 Å². The zero-order chi connectivity index (χ0) is 16.4. The van der Waals surface area contributed by atoms with Gasteiger partial charge in [-0.25, -0.2) is 0 Å². The van der Waals surface area contributed by atoms with E-state index < -0.39 is 10.8 Å². The van der Waals surface area contributed by atoms with Crippen LogP contribution in [-0.4, -0.2) is 31.0 Å². The van der Waals surface area contributed by atoms with Crippen LogP contribution in [0.2, 0.25) is 0 Å². The summed E-state index contributed by atoms with van der Waals surface area (Å²) in [5, 5.41) is 24.3. The van der Waals surface area contributed by atoms with Crippen LogP contribution >= 0.6 is 0 Å². The van der Waals surface area contributed by atoms with Gasteiger partial charge in [-0.2, -0.15) is 4.80 Å². The predicted octanol–water partition coefficient (Wildman–Crippen LogP) is 1.63. The SMILES string of the molecule is Cn1nnc(NC(=O)c2ccc(-c3cccc([N+](=O)[O-])c3)o2)n1. The standard InChI is InChI=1S/C13H10N6O4/c1-18-16-13(15-17-18)14-12(20)11-6-5-10(23-11)8-3-2-4-9(7-8)19(21)22/h2-7H,1H3,(H,14,16,20). The number of nitro benzene ring substituents is 1. The second-order valence-corrected chi connectivity index (χ2v) is 4.53. The number of aryl methyl sites for hydroxylation is 1. The van der Waals surface area contributed by atoms with Gasteiger partial charge >= 0.3 is 0 Å². The van der Waals surface area contributed by atoms with Crippen molar-refractivity contribution in [2.45, 2.75) is 0 Å². The van der Waals surface area contributed by atoms with E-state index in [-0.39, 0.29) is 17.4 Å². The van der Waals surface area contributed by atoms with Crippen molar-refractivity contribution in [3.8, 4) is 11.3 Å². The van der Waals surface area contributed by atoms with Crippen molar-refractivity contribution in [1.82, 2.24) is 20.2 Å². The minimum atomic E-state index is -0.547. The molecule has 0 atom stereocenters. The number of rotatable bonds is 4. The smallest absolute Gasteiger partial charge is 0.293 e. The summed E-state index contributed by atoms with van der Waals surface area (Å²) in [5.74, 6) is -0.134. The van der Waals surface area contributed by atoms with E-state index in [0.29, 0.717) is 11.3 Å². The maximum absolute atomic E-state index is 12.0. The minimum absolute atomic E-state index is 0.0268. The van der Waals surface area contributed by atoms with Crippen molar-refractivity contribution in [3.63, 3.8) is 0 Å². The highest BCUT2D eigenvalue weighted by Crippen LogP contribution is 2.25. The first kappa shape index (κ1) is 14.4. The molecule has 1 amide bonds. The van der Waals surface area contributed by atoms with E-state index in [9.17, 15) is 14.9 Å². The summed E-state index contributed by atoms with van der Waals surface area (Å²) >= 11 is 0. The Balaban J connectivity index is 1.81. The zero-order valence-electron chi connectivity index (χ0n) is 11.8. The number of benzene rings is 1. The number of nitrogens with zero attached hydrogens (tertiary/aromatic N) is 5. The number of nitrogens with one attached hydrogen (secondary N) is 1. The van der Waals surface area contributed by atoms with E-state index in [2.05, 4.69) is 20.7 Å². The third kappa shape index (κ3) is 3.05. The Hall–Kier alpha value is -3.56. The number of carbonyl (C=O) groups excluding carboxylic acids is 1. The average Bonchev–Trinajstić information content (AvgIpc) is 3.16. The molecule has 3 rings (SSSR count). The lowest BCUT2D eigenvalue weighted by Crippen LogP contribution is -2.12. The van der Waals surface area contributed by atoms with Crippen molar-refractivity contribution in [3.05, 3.63) is 52.3 Å². The van der Waals surface area contributed by atoms with E-state index in [1.54, 1.807) is 25.2 Å². The molecule has 116 valence electrons. The Bertz CT molecular complexity index is 884. The Morgan fingerprint density at radius 3 is 2.87 bits per heavy atom. The molecule has 0 saturated carbocycles. The van der Waals surface area contributed by atoms with Gasteiger partial charge in [0.15, 0.2) is 5.76 Å². The van der Waals surface area contributed by atoms with Crippen molar-refractivity contribution >= 4 is 17.5 Å². The molecule has 0 aliphatic rings. The van der Waals surface area contributed by atoms with Crippen LogP contribution in [0.5, 0.6) is 0 Å². The Morgan fingerprint density at radius 1 is 1.35 bits per heavy atom. The lowest BCUT2D eigenvalue weighted by atomic mass is 10.1. The van der Waals surface area contributed by atoms with E-state index in [1.807, 2.05) is 0 Å². The van der Waals surface area contributed by atoms with E-state index in [4.69, 9.17) is 4.42 Å². The van der Waals surface area contributed by atoms with Crippen LogP contribution in [0.25, 0.3) is 11.3 Å². The van der Waals surface area contributed by atoms with Crippen LogP contribution in [-0.2, 0) is 7.05 Å². The molecule has 0 fully saturated rings. The highest BCUT2D eigenvalue weighted by atomic mass is 16.6. The van der Waals surface area contributed by atoms with Gasteiger partial charge in [0.1, 0.15) is 5.76 Å². The van der Waals surface area contributed by atoms with Gasteiger partial charge in [0.2, 0.25) is 0 Å². The van der Waals surface area contributed by atoms with E-state index in [0.717, 1.165) is 0 Å². The van der Waals surface area contributed by atoms with Crippen LogP contribution in [0.15, 0.2) is 40.8 Å². The fraction of sp³-hybridized carbons (Fsp3) is 0.0769. The second-order valence-electron chi connectivity index (χ2n) is 4.53. The van der Waals surface area contributed by atoms with Gasteiger partial charge in [-0.15, -0.1) is 5.10 Å². The van der Waals surface area contributed by atoms with Crippen LogP contribution in [0, 0.1) is 10.1 Å². The van der Waals surface area contributed by atoms with Crippen LogP contribution < -0.4 is 5.32 Å². The number of carbonyl (C=O) groups is 1. The number of furan rings is 1. The molecule has 1 aromatic carbocycles. The highest BCUT2D eigenvalue weighted by Gasteiger charge is 2.15. The van der Waals surface area contributed by atoms with Crippen LogP contribution in [0.1, 0.15) is 10.6 Å². The van der Waals surface area contributed by atoms with E-state index >= 15 is 0 Å². The molecule has 0 aliphatic carbocycles. The first-order valence-electron chi connectivity index (χ1n) is 6.43. The van der Waals surface area contributed by atoms with Gasteiger partial charge in [0.25, 0.3) is 17.5 Å². The number of anilines is 1. The summed E-state index contributed by atoms with van der Waals surface area (Å²) in [6.07, 6.45) is 0. The lowest BCUT2D eigenvalue weighted by molar-refractivity contribution is -0.384. The second kappa shape index (κ2) is 5.67.